The average Bonchev–Trinajstić information content (AvgIpc) is 1.94. The van der Waals surface area contributed by atoms with E-state index in [0.717, 1.165) is 12.3 Å². The summed E-state index contributed by atoms with van der Waals surface area (Å²) in [6.07, 6.45) is 1.03. The number of aryl methyl sites for hydroxylation is 1. The standard InChI is InChI=1S/C6H5FN2O2/c1-4-6(7)2-5(3-8-4)9(10)11/h2-3H,1H3. The second-order valence-electron chi connectivity index (χ2n) is 2.02. The first-order valence-corrected chi connectivity index (χ1v) is 2.88. The summed E-state index contributed by atoms with van der Waals surface area (Å²) < 4.78 is 12.6. The van der Waals surface area contributed by atoms with Gasteiger partial charge in [-0.2, -0.15) is 0 Å². The summed E-state index contributed by atoms with van der Waals surface area (Å²) >= 11 is 0. The molecule has 58 valence electrons. The van der Waals surface area contributed by atoms with E-state index in [4.69, 9.17) is 0 Å². The van der Waals surface area contributed by atoms with Crippen molar-refractivity contribution in [3.05, 3.63) is 33.9 Å². The van der Waals surface area contributed by atoms with E-state index in [1.807, 2.05) is 0 Å². The highest BCUT2D eigenvalue weighted by Gasteiger charge is 2.08. The number of nitrogens with zero attached hydrogens (tertiary/aromatic N) is 2. The summed E-state index contributed by atoms with van der Waals surface area (Å²) in [5.74, 6) is -0.654. The number of halogens is 1. The van der Waals surface area contributed by atoms with Crippen molar-refractivity contribution in [3.63, 3.8) is 0 Å². The van der Waals surface area contributed by atoms with E-state index in [1.54, 1.807) is 0 Å². The van der Waals surface area contributed by atoms with Crippen molar-refractivity contribution >= 4 is 5.69 Å². The zero-order valence-electron chi connectivity index (χ0n) is 5.74. The highest BCUT2D eigenvalue weighted by atomic mass is 19.1. The fourth-order valence-corrected chi connectivity index (χ4v) is 0.596. The molecule has 0 atom stereocenters. The van der Waals surface area contributed by atoms with Gasteiger partial charge in [0.25, 0.3) is 5.69 Å². The Bertz CT molecular complexity index is 301. The predicted octanol–water partition coefficient (Wildman–Crippen LogP) is 1.44. The Hall–Kier alpha value is -1.52. The summed E-state index contributed by atoms with van der Waals surface area (Å²) in [5, 5.41) is 10.1. The molecule has 0 unspecified atom stereocenters. The minimum Gasteiger partial charge on any atom is -0.258 e. The van der Waals surface area contributed by atoms with Gasteiger partial charge >= 0.3 is 0 Å². The first-order valence-electron chi connectivity index (χ1n) is 2.88. The zero-order chi connectivity index (χ0) is 8.43. The van der Waals surface area contributed by atoms with Crippen LogP contribution in [0.15, 0.2) is 12.3 Å². The molecule has 0 saturated heterocycles. The van der Waals surface area contributed by atoms with Gasteiger partial charge in [0, 0.05) is 0 Å². The molecule has 0 fully saturated rings. The smallest absolute Gasteiger partial charge is 0.258 e. The minimum absolute atomic E-state index is 0.163. The summed E-state index contributed by atoms with van der Waals surface area (Å²) in [7, 11) is 0. The molecule has 0 aliphatic rings. The molecule has 0 amide bonds. The monoisotopic (exact) mass is 156 g/mol. The quantitative estimate of drug-likeness (QED) is 0.456. The van der Waals surface area contributed by atoms with Gasteiger partial charge in [0.2, 0.25) is 0 Å². The van der Waals surface area contributed by atoms with Crippen molar-refractivity contribution in [2.24, 2.45) is 0 Å². The minimum atomic E-state index is -0.685. The van der Waals surface area contributed by atoms with Crippen LogP contribution in [0, 0.1) is 22.9 Å². The Labute approximate surface area is 61.8 Å². The molecule has 1 heterocycles. The maximum atomic E-state index is 12.6. The highest BCUT2D eigenvalue weighted by Crippen LogP contribution is 2.12. The largest absolute Gasteiger partial charge is 0.290 e. The molecule has 11 heavy (non-hydrogen) atoms. The molecule has 0 radical (unpaired) electrons. The van der Waals surface area contributed by atoms with Crippen molar-refractivity contribution in [1.29, 1.82) is 0 Å². The Morgan fingerprint density at radius 2 is 2.36 bits per heavy atom. The molecule has 5 heteroatoms. The van der Waals surface area contributed by atoms with E-state index in [0.29, 0.717) is 0 Å². The van der Waals surface area contributed by atoms with Gasteiger partial charge in [-0.15, -0.1) is 0 Å². The van der Waals surface area contributed by atoms with Crippen LogP contribution in [0.1, 0.15) is 5.69 Å². The van der Waals surface area contributed by atoms with Gasteiger partial charge in [-0.25, -0.2) is 4.39 Å². The molecule has 4 nitrogen and oxygen atoms in total. The number of hydrogen-bond acceptors (Lipinski definition) is 3. The normalized spacial score (nSPS) is 9.64. The van der Waals surface area contributed by atoms with Crippen molar-refractivity contribution in [2.75, 3.05) is 0 Å². The second kappa shape index (κ2) is 2.61. The van der Waals surface area contributed by atoms with Crippen molar-refractivity contribution in [2.45, 2.75) is 6.92 Å². The van der Waals surface area contributed by atoms with Crippen molar-refractivity contribution in [3.8, 4) is 0 Å². The number of pyridine rings is 1. The molecular formula is C6H5FN2O2. The lowest BCUT2D eigenvalue weighted by atomic mass is 10.3. The third-order valence-corrected chi connectivity index (χ3v) is 1.22. The van der Waals surface area contributed by atoms with E-state index in [-0.39, 0.29) is 11.4 Å². The molecule has 0 N–H and O–H groups in total. The zero-order valence-corrected chi connectivity index (χ0v) is 5.74. The van der Waals surface area contributed by atoms with Crippen LogP contribution in [-0.2, 0) is 0 Å². The molecule has 0 bridgehead atoms. The maximum absolute atomic E-state index is 12.6. The van der Waals surface area contributed by atoms with Crippen molar-refractivity contribution < 1.29 is 9.31 Å². The summed E-state index contributed by atoms with van der Waals surface area (Å²) in [4.78, 5) is 12.9. The van der Waals surface area contributed by atoms with Crippen LogP contribution in [0.4, 0.5) is 10.1 Å². The predicted molar refractivity (Wildman–Crippen MR) is 35.6 cm³/mol. The molecule has 0 spiro atoms. The lowest BCUT2D eigenvalue weighted by Crippen LogP contribution is -1.93. The fourth-order valence-electron chi connectivity index (χ4n) is 0.596. The average molecular weight is 156 g/mol. The van der Waals surface area contributed by atoms with Gasteiger partial charge < -0.3 is 0 Å². The molecule has 0 aliphatic heterocycles. The molecule has 0 aliphatic carbocycles. The molecule has 0 aromatic carbocycles. The van der Waals surface area contributed by atoms with Gasteiger partial charge in [-0.05, 0) is 6.92 Å². The van der Waals surface area contributed by atoms with Gasteiger partial charge in [0.15, 0.2) is 5.82 Å². The topological polar surface area (TPSA) is 56.0 Å². The number of hydrogen-bond donors (Lipinski definition) is 0. The van der Waals surface area contributed by atoms with Crippen LogP contribution in [-0.4, -0.2) is 9.91 Å². The Kier molecular flexibility index (Phi) is 1.80. The molecule has 0 saturated carbocycles. The number of aromatic nitrogens is 1. The molecule has 1 aromatic rings. The van der Waals surface area contributed by atoms with Crippen LogP contribution >= 0.6 is 0 Å². The Morgan fingerprint density at radius 3 is 2.82 bits per heavy atom. The second-order valence-corrected chi connectivity index (χ2v) is 2.02. The molecular weight excluding hydrogens is 151 g/mol. The van der Waals surface area contributed by atoms with Gasteiger partial charge in [0.1, 0.15) is 6.20 Å². The van der Waals surface area contributed by atoms with E-state index < -0.39 is 10.7 Å². The number of nitro groups is 1. The summed E-state index contributed by atoms with van der Waals surface area (Å²) in [5.41, 5.74) is -0.163. The molecule has 1 aromatic heterocycles. The van der Waals surface area contributed by atoms with Gasteiger partial charge in [-0.3, -0.25) is 15.1 Å². The van der Waals surface area contributed by atoms with Crippen LogP contribution in [0.5, 0.6) is 0 Å². The maximum Gasteiger partial charge on any atom is 0.290 e. The van der Waals surface area contributed by atoms with E-state index in [9.17, 15) is 14.5 Å². The summed E-state index contributed by atoms with van der Waals surface area (Å²) in [6.45, 7) is 1.44. The first kappa shape index (κ1) is 7.59. The number of rotatable bonds is 1. The van der Waals surface area contributed by atoms with E-state index in [1.165, 1.54) is 6.92 Å². The highest BCUT2D eigenvalue weighted by molar-refractivity contribution is 5.27. The van der Waals surface area contributed by atoms with Gasteiger partial charge in [-0.1, -0.05) is 0 Å². The van der Waals surface area contributed by atoms with Gasteiger partial charge in [0.05, 0.1) is 16.7 Å². The van der Waals surface area contributed by atoms with Crippen LogP contribution in [0.3, 0.4) is 0 Å². The summed E-state index contributed by atoms with van der Waals surface area (Å²) in [6, 6.07) is 0.850. The first-order chi connectivity index (χ1) is 5.11. The fraction of sp³-hybridized carbons (Fsp3) is 0.167. The van der Waals surface area contributed by atoms with E-state index in [2.05, 4.69) is 4.98 Å². The van der Waals surface area contributed by atoms with E-state index >= 15 is 0 Å². The lowest BCUT2D eigenvalue weighted by molar-refractivity contribution is -0.385. The SMILES string of the molecule is Cc1ncc([N+](=O)[O-])cc1F. The van der Waals surface area contributed by atoms with Crippen LogP contribution in [0.25, 0.3) is 0 Å². The Balaban J connectivity index is 3.15. The third kappa shape index (κ3) is 1.49. The van der Waals surface area contributed by atoms with Crippen molar-refractivity contribution in [1.82, 2.24) is 4.98 Å². The lowest BCUT2D eigenvalue weighted by Gasteiger charge is -1.93. The molecule has 1 rings (SSSR count). The third-order valence-electron chi connectivity index (χ3n) is 1.22. The van der Waals surface area contributed by atoms with Crippen LogP contribution in [0.2, 0.25) is 0 Å². The van der Waals surface area contributed by atoms with Crippen LogP contribution < -0.4 is 0 Å². The Morgan fingerprint density at radius 1 is 1.73 bits per heavy atom.